The number of methoxy groups -OCH3 is 1. The number of hydrogen-bond acceptors (Lipinski definition) is 7. The molecular formula is C28H23N7O2. The van der Waals surface area contributed by atoms with E-state index in [2.05, 4.69) is 21.8 Å². The highest BCUT2D eigenvalue weighted by molar-refractivity contribution is 6.12. The number of amides is 1. The number of nitrogen functional groups attached to an aromatic ring is 1. The van der Waals surface area contributed by atoms with E-state index < -0.39 is 5.91 Å². The van der Waals surface area contributed by atoms with E-state index in [0.717, 1.165) is 11.3 Å². The monoisotopic (exact) mass is 489 g/mol. The van der Waals surface area contributed by atoms with Gasteiger partial charge in [0.15, 0.2) is 11.5 Å². The molecule has 5 aromatic rings. The number of hydrogen-bond donors (Lipinski definition) is 3. The molecule has 0 saturated carbocycles. The first-order chi connectivity index (χ1) is 18.0. The van der Waals surface area contributed by atoms with Gasteiger partial charge in [-0.3, -0.25) is 4.79 Å². The topological polar surface area (TPSA) is 130 Å². The minimum atomic E-state index is -0.440. The lowest BCUT2D eigenvalue weighted by Crippen LogP contribution is -2.14. The molecule has 4 N–H and O–H groups in total. The first kappa shape index (κ1) is 23.4. The number of para-hydroxylation sites is 1. The second kappa shape index (κ2) is 9.71. The van der Waals surface area contributed by atoms with Crippen LogP contribution in [0.1, 0.15) is 21.5 Å². The third-order valence-electron chi connectivity index (χ3n) is 5.85. The first-order valence-electron chi connectivity index (χ1n) is 11.5. The standard InChI is InChI=1S/C28H23N7O2/c1-17-8-10-18(11-9-17)24-22(16-29)25(30)35-27(33-24)23(26(34-35)31-19-6-4-3-5-7-19)28(36)32-20-12-14-21(37-2)15-13-20/h3-15H,30H2,1-2H3,(H,31,34)(H,32,36). The summed E-state index contributed by atoms with van der Waals surface area (Å²) in [6.07, 6.45) is 0. The van der Waals surface area contributed by atoms with Crippen LogP contribution in [-0.4, -0.2) is 27.6 Å². The smallest absolute Gasteiger partial charge is 0.263 e. The number of rotatable bonds is 6. The SMILES string of the molecule is COc1ccc(NC(=O)c2c(Nc3ccccc3)nn3c(N)c(C#N)c(-c4ccc(C)cc4)nc23)cc1. The summed E-state index contributed by atoms with van der Waals surface area (Å²) >= 11 is 0. The molecule has 182 valence electrons. The fraction of sp³-hybridized carbons (Fsp3) is 0.0714. The van der Waals surface area contributed by atoms with Gasteiger partial charge >= 0.3 is 0 Å². The van der Waals surface area contributed by atoms with E-state index >= 15 is 0 Å². The zero-order valence-corrected chi connectivity index (χ0v) is 20.2. The van der Waals surface area contributed by atoms with Gasteiger partial charge in [-0.25, -0.2) is 4.98 Å². The molecule has 0 saturated heterocycles. The van der Waals surface area contributed by atoms with Crippen LogP contribution in [0.15, 0.2) is 78.9 Å². The molecular weight excluding hydrogens is 466 g/mol. The molecule has 9 heteroatoms. The molecule has 9 nitrogen and oxygen atoms in total. The number of aryl methyl sites for hydroxylation is 1. The summed E-state index contributed by atoms with van der Waals surface area (Å²) in [5.41, 5.74) is 10.4. The molecule has 0 aliphatic heterocycles. The van der Waals surface area contributed by atoms with Crippen molar-refractivity contribution < 1.29 is 9.53 Å². The van der Waals surface area contributed by atoms with Crippen LogP contribution in [0.5, 0.6) is 5.75 Å². The zero-order valence-electron chi connectivity index (χ0n) is 20.2. The van der Waals surface area contributed by atoms with Crippen molar-refractivity contribution in [3.05, 3.63) is 95.6 Å². The van der Waals surface area contributed by atoms with Gasteiger partial charge in [0.05, 0.1) is 12.8 Å². The number of carbonyl (C=O) groups is 1. The van der Waals surface area contributed by atoms with Crippen molar-refractivity contribution in [1.29, 1.82) is 5.26 Å². The van der Waals surface area contributed by atoms with Crippen molar-refractivity contribution in [2.24, 2.45) is 0 Å². The fourth-order valence-electron chi connectivity index (χ4n) is 3.92. The molecule has 5 rings (SSSR count). The van der Waals surface area contributed by atoms with Gasteiger partial charge in [0.2, 0.25) is 0 Å². The van der Waals surface area contributed by atoms with Crippen molar-refractivity contribution in [2.75, 3.05) is 23.5 Å². The van der Waals surface area contributed by atoms with E-state index in [1.165, 1.54) is 4.52 Å². The number of nitrogens with zero attached hydrogens (tertiary/aromatic N) is 4. The molecule has 0 aliphatic carbocycles. The van der Waals surface area contributed by atoms with Gasteiger partial charge in [-0.05, 0) is 43.3 Å². The highest BCUT2D eigenvalue weighted by Crippen LogP contribution is 2.32. The predicted molar refractivity (Wildman–Crippen MR) is 143 cm³/mol. The number of fused-ring (bicyclic) bond motifs is 1. The summed E-state index contributed by atoms with van der Waals surface area (Å²) in [5.74, 6) is 0.565. The van der Waals surface area contributed by atoms with Crippen LogP contribution in [0.4, 0.5) is 23.0 Å². The van der Waals surface area contributed by atoms with Crippen LogP contribution >= 0.6 is 0 Å². The van der Waals surface area contributed by atoms with E-state index in [1.807, 2.05) is 61.5 Å². The van der Waals surface area contributed by atoms with Gasteiger partial charge in [0.1, 0.15) is 28.8 Å². The van der Waals surface area contributed by atoms with Gasteiger partial charge in [-0.1, -0.05) is 48.0 Å². The average molecular weight is 490 g/mol. The Balaban J connectivity index is 1.69. The fourth-order valence-corrected chi connectivity index (χ4v) is 3.92. The number of carbonyl (C=O) groups excluding carboxylic acids is 1. The van der Waals surface area contributed by atoms with Crippen LogP contribution in [0.3, 0.4) is 0 Å². The van der Waals surface area contributed by atoms with Gasteiger partial charge in [-0.2, -0.15) is 9.78 Å². The molecule has 1 amide bonds. The molecule has 0 spiro atoms. The van der Waals surface area contributed by atoms with Crippen LogP contribution in [0.2, 0.25) is 0 Å². The second-order valence-electron chi connectivity index (χ2n) is 8.33. The molecule has 0 aliphatic rings. The number of nitriles is 1. The molecule has 0 bridgehead atoms. The van der Waals surface area contributed by atoms with Crippen molar-refractivity contribution >= 4 is 34.6 Å². The number of nitrogens with one attached hydrogen (secondary N) is 2. The quantitative estimate of drug-likeness (QED) is 0.300. The number of nitrogens with two attached hydrogens (primary N) is 1. The zero-order chi connectivity index (χ0) is 25.9. The summed E-state index contributed by atoms with van der Waals surface area (Å²) in [5, 5.41) is 20.5. The van der Waals surface area contributed by atoms with E-state index in [4.69, 9.17) is 15.5 Å². The lowest BCUT2D eigenvalue weighted by Gasteiger charge is -2.10. The number of anilines is 4. The van der Waals surface area contributed by atoms with Gasteiger partial charge in [0.25, 0.3) is 5.91 Å². The number of aromatic nitrogens is 3. The molecule has 2 aromatic heterocycles. The summed E-state index contributed by atoms with van der Waals surface area (Å²) in [6.45, 7) is 1.97. The first-order valence-corrected chi connectivity index (χ1v) is 11.5. The summed E-state index contributed by atoms with van der Waals surface area (Å²) in [6, 6.07) is 26.0. The van der Waals surface area contributed by atoms with E-state index in [9.17, 15) is 10.1 Å². The number of ether oxygens (including phenoxy) is 1. The summed E-state index contributed by atoms with van der Waals surface area (Å²) in [4.78, 5) is 18.4. The van der Waals surface area contributed by atoms with E-state index in [0.29, 0.717) is 22.7 Å². The maximum atomic E-state index is 13.6. The Labute approximate surface area is 213 Å². The summed E-state index contributed by atoms with van der Waals surface area (Å²) < 4.78 is 6.52. The molecule has 0 unspecified atom stereocenters. The highest BCUT2D eigenvalue weighted by atomic mass is 16.5. The minimum Gasteiger partial charge on any atom is -0.497 e. The van der Waals surface area contributed by atoms with Crippen LogP contribution in [-0.2, 0) is 0 Å². The molecule has 0 atom stereocenters. The highest BCUT2D eigenvalue weighted by Gasteiger charge is 2.26. The van der Waals surface area contributed by atoms with Gasteiger partial charge in [-0.15, -0.1) is 5.10 Å². The maximum absolute atomic E-state index is 13.6. The van der Waals surface area contributed by atoms with Crippen LogP contribution in [0, 0.1) is 18.3 Å². The van der Waals surface area contributed by atoms with Crippen molar-refractivity contribution in [3.63, 3.8) is 0 Å². The third-order valence-corrected chi connectivity index (χ3v) is 5.85. The largest absolute Gasteiger partial charge is 0.497 e. The third kappa shape index (κ3) is 4.51. The Hall–Kier alpha value is -5.36. The molecule has 3 aromatic carbocycles. The normalized spacial score (nSPS) is 10.6. The number of benzene rings is 3. The van der Waals surface area contributed by atoms with Gasteiger partial charge < -0.3 is 21.1 Å². The molecule has 0 radical (unpaired) electrons. The molecule has 37 heavy (non-hydrogen) atoms. The second-order valence-corrected chi connectivity index (χ2v) is 8.33. The van der Waals surface area contributed by atoms with Crippen molar-refractivity contribution in [2.45, 2.75) is 6.92 Å². The Morgan fingerprint density at radius 2 is 1.70 bits per heavy atom. The summed E-state index contributed by atoms with van der Waals surface area (Å²) in [7, 11) is 1.57. The Morgan fingerprint density at radius 3 is 2.35 bits per heavy atom. The van der Waals surface area contributed by atoms with Crippen molar-refractivity contribution in [3.8, 4) is 23.1 Å². The van der Waals surface area contributed by atoms with Crippen LogP contribution in [0.25, 0.3) is 16.9 Å². The Kier molecular flexibility index (Phi) is 6.14. The molecule has 2 heterocycles. The lowest BCUT2D eigenvalue weighted by atomic mass is 10.1. The van der Waals surface area contributed by atoms with Crippen LogP contribution < -0.4 is 21.1 Å². The maximum Gasteiger partial charge on any atom is 0.263 e. The Bertz CT molecular complexity index is 1640. The van der Waals surface area contributed by atoms with Gasteiger partial charge in [0, 0.05) is 16.9 Å². The molecule has 0 fully saturated rings. The van der Waals surface area contributed by atoms with Crippen molar-refractivity contribution in [1.82, 2.24) is 14.6 Å². The predicted octanol–water partition coefficient (Wildman–Crippen LogP) is 5.16. The minimum absolute atomic E-state index is 0.0858. The average Bonchev–Trinajstić information content (AvgIpc) is 3.28. The lowest BCUT2D eigenvalue weighted by molar-refractivity contribution is 0.102. The van der Waals surface area contributed by atoms with E-state index in [-0.39, 0.29) is 28.4 Å². The Morgan fingerprint density at radius 1 is 1.00 bits per heavy atom. The van der Waals surface area contributed by atoms with E-state index in [1.54, 1.807) is 31.4 Å².